The lowest BCUT2D eigenvalue weighted by Gasteiger charge is -2.36. The lowest BCUT2D eigenvalue weighted by Crippen LogP contribution is -2.31. The van der Waals surface area contributed by atoms with Gasteiger partial charge in [0.2, 0.25) is 11.1 Å². The first-order valence-corrected chi connectivity index (χ1v) is 16.1. The van der Waals surface area contributed by atoms with Crippen LogP contribution in [0.2, 0.25) is 0 Å². The van der Waals surface area contributed by atoms with E-state index in [1.165, 1.54) is 11.8 Å². The van der Waals surface area contributed by atoms with E-state index in [2.05, 4.69) is 20.8 Å². The molecule has 11 nitrogen and oxygen atoms in total. The Kier molecular flexibility index (Phi) is 11.7. The van der Waals surface area contributed by atoms with E-state index in [4.69, 9.17) is 14.6 Å². The van der Waals surface area contributed by atoms with Crippen LogP contribution >= 0.6 is 11.8 Å². The third-order valence-corrected chi connectivity index (χ3v) is 8.49. The summed E-state index contributed by atoms with van der Waals surface area (Å²) in [6.07, 6.45) is 2.91. The number of nitrogens with one attached hydrogen (secondary N) is 1. The summed E-state index contributed by atoms with van der Waals surface area (Å²) in [7, 11) is 0. The van der Waals surface area contributed by atoms with E-state index in [0.29, 0.717) is 42.3 Å². The number of carboxylic acid groups (broad SMARTS) is 1. The molecule has 0 radical (unpaired) electrons. The van der Waals surface area contributed by atoms with Gasteiger partial charge in [0, 0.05) is 36.3 Å². The number of nitrogens with zero attached hydrogens (tertiary/aromatic N) is 4. The molecule has 0 bridgehead atoms. The van der Waals surface area contributed by atoms with Crippen molar-refractivity contribution >= 4 is 29.3 Å². The highest BCUT2D eigenvalue weighted by Gasteiger charge is 2.33. The summed E-state index contributed by atoms with van der Waals surface area (Å²) in [5.74, 6) is -0.302. The molecule has 3 aromatic carbocycles. The topological polar surface area (TPSA) is 149 Å². The molecule has 1 aliphatic rings. The van der Waals surface area contributed by atoms with Crippen LogP contribution in [0.25, 0.3) is 5.69 Å². The number of aliphatic carboxylic acids is 1. The Morgan fingerprint density at radius 3 is 2.44 bits per heavy atom. The van der Waals surface area contributed by atoms with Crippen LogP contribution in [0.5, 0.6) is 0 Å². The number of rotatable bonds is 15. The van der Waals surface area contributed by atoms with Crippen LogP contribution in [0.15, 0.2) is 84.0 Å². The van der Waals surface area contributed by atoms with Gasteiger partial charge < -0.3 is 25.0 Å². The smallest absolute Gasteiger partial charge is 0.303 e. The minimum Gasteiger partial charge on any atom is -0.481 e. The molecule has 4 aromatic rings. The number of ether oxygens (including phenoxy) is 2. The number of anilines is 1. The number of aromatic nitrogens is 4. The van der Waals surface area contributed by atoms with Gasteiger partial charge in [0.1, 0.15) is 0 Å². The van der Waals surface area contributed by atoms with E-state index in [0.717, 1.165) is 35.2 Å². The number of amides is 1. The minimum atomic E-state index is -0.792. The number of aliphatic hydroxyl groups is 1. The summed E-state index contributed by atoms with van der Waals surface area (Å²) >= 11 is 1.51. The Morgan fingerprint density at radius 1 is 0.911 bits per heavy atom. The molecule has 1 aliphatic heterocycles. The maximum atomic E-state index is 12.6. The molecular weight excluding hydrogens is 594 g/mol. The zero-order valence-corrected chi connectivity index (χ0v) is 25.6. The third-order valence-electron chi connectivity index (χ3n) is 7.44. The number of benzene rings is 3. The summed E-state index contributed by atoms with van der Waals surface area (Å²) in [5.41, 5.74) is 4.11. The average molecular weight is 632 g/mol. The molecule has 1 aromatic heterocycles. The highest BCUT2D eigenvalue weighted by Crippen LogP contribution is 2.40. The van der Waals surface area contributed by atoms with Crippen LogP contribution in [0, 0.1) is 0 Å². The number of carbonyl (C=O) groups excluding carboxylic acids is 1. The summed E-state index contributed by atoms with van der Waals surface area (Å²) in [4.78, 5) is 23.3. The predicted octanol–water partition coefficient (Wildman–Crippen LogP) is 5.86. The van der Waals surface area contributed by atoms with Crippen molar-refractivity contribution in [2.75, 3.05) is 11.1 Å². The van der Waals surface area contributed by atoms with Gasteiger partial charge in [0.15, 0.2) is 6.29 Å². The van der Waals surface area contributed by atoms with E-state index in [1.807, 2.05) is 78.9 Å². The first kappa shape index (κ1) is 32.3. The molecule has 12 heteroatoms. The number of hydrogen-bond donors (Lipinski definition) is 3. The SMILES string of the molecule is O=C(O)CCCCCCC(=O)Nc1cccc(C2OC(CSc3nnnn3-c3ccccc3)CC(c3ccc(CO)cc3)O2)c1. The largest absolute Gasteiger partial charge is 0.481 e. The van der Waals surface area contributed by atoms with Gasteiger partial charge in [-0.1, -0.05) is 79.2 Å². The van der Waals surface area contributed by atoms with E-state index >= 15 is 0 Å². The quantitative estimate of drug-likeness (QED) is 0.108. The lowest BCUT2D eigenvalue weighted by molar-refractivity contribution is -0.245. The first-order chi connectivity index (χ1) is 22.0. The molecule has 3 unspecified atom stereocenters. The normalized spacial score (nSPS) is 18.0. The standard InChI is InChI=1S/C33H37N5O6S/c39-21-23-15-17-24(18-16-23)29-20-28(22-45-33-35-36-37-38(33)27-11-4-3-5-12-27)43-32(44-29)25-9-8-10-26(19-25)34-30(40)13-6-1-2-7-14-31(41)42/h3-5,8-12,15-19,28-29,32,39H,1-2,6-7,13-14,20-22H2,(H,34,40)(H,41,42). The van der Waals surface area contributed by atoms with Crippen LogP contribution in [-0.2, 0) is 25.7 Å². The Balaban J connectivity index is 1.25. The highest BCUT2D eigenvalue weighted by molar-refractivity contribution is 7.99. The first-order valence-electron chi connectivity index (χ1n) is 15.1. The molecule has 3 N–H and O–H groups in total. The molecule has 3 atom stereocenters. The Hall–Kier alpha value is -4.10. The summed E-state index contributed by atoms with van der Waals surface area (Å²) in [6, 6.07) is 24.9. The Morgan fingerprint density at radius 2 is 1.69 bits per heavy atom. The monoisotopic (exact) mass is 631 g/mol. The molecule has 0 spiro atoms. The van der Waals surface area contributed by atoms with Crippen molar-refractivity contribution in [1.82, 2.24) is 20.2 Å². The minimum absolute atomic E-state index is 0.0316. The molecule has 0 saturated carbocycles. The summed E-state index contributed by atoms with van der Waals surface area (Å²) in [5, 5.41) is 34.1. The molecule has 1 saturated heterocycles. The number of unbranched alkanes of at least 4 members (excludes halogenated alkanes) is 3. The Bertz CT molecular complexity index is 1530. The van der Waals surface area contributed by atoms with Crippen molar-refractivity contribution in [3.63, 3.8) is 0 Å². The van der Waals surface area contributed by atoms with Crippen LogP contribution in [-0.4, -0.2) is 54.2 Å². The van der Waals surface area contributed by atoms with Crippen molar-refractivity contribution in [3.05, 3.63) is 95.6 Å². The number of thioether (sulfide) groups is 1. The van der Waals surface area contributed by atoms with E-state index in [1.54, 1.807) is 4.68 Å². The molecule has 2 heterocycles. The van der Waals surface area contributed by atoms with Crippen molar-refractivity contribution in [2.45, 2.75) is 75.2 Å². The van der Waals surface area contributed by atoms with Gasteiger partial charge in [-0.2, -0.15) is 4.68 Å². The summed E-state index contributed by atoms with van der Waals surface area (Å²) in [6.45, 7) is -0.0316. The number of aliphatic hydroxyl groups excluding tert-OH is 1. The van der Waals surface area contributed by atoms with Crippen LogP contribution in [0.4, 0.5) is 5.69 Å². The second-order valence-electron chi connectivity index (χ2n) is 10.9. The Labute approximate surface area is 266 Å². The fourth-order valence-corrected chi connectivity index (χ4v) is 6.00. The lowest BCUT2D eigenvalue weighted by atomic mass is 10.0. The molecule has 1 amide bonds. The summed E-state index contributed by atoms with van der Waals surface area (Å²) < 4.78 is 14.7. The number of carboxylic acids is 1. The maximum absolute atomic E-state index is 12.6. The van der Waals surface area contributed by atoms with Gasteiger partial charge >= 0.3 is 5.97 Å². The number of hydrogen-bond acceptors (Lipinski definition) is 9. The maximum Gasteiger partial charge on any atom is 0.303 e. The van der Waals surface area contributed by atoms with E-state index in [9.17, 15) is 14.7 Å². The third kappa shape index (κ3) is 9.44. The fraction of sp³-hybridized carbons (Fsp3) is 0.364. The van der Waals surface area contributed by atoms with Crippen molar-refractivity contribution in [2.24, 2.45) is 0 Å². The predicted molar refractivity (Wildman–Crippen MR) is 169 cm³/mol. The molecule has 1 fully saturated rings. The second kappa shape index (κ2) is 16.3. The zero-order valence-electron chi connectivity index (χ0n) is 24.8. The second-order valence-corrected chi connectivity index (χ2v) is 11.8. The van der Waals surface area contributed by atoms with Crippen LogP contribution < -0.4 is 5.32 Å². The molecule has 45 heavy (non-hydrogen) atoms. The van der Waals surface area contributed by atoms with Crippen molar-refractivity contribution in [3.8, 4) is 5.69 Å². The molecule has 0 aliphatic carbocycles. The fourth-order valence-electron chi connectivity index (χ4n) is 5.09. The molecule has 236 valence electrons. The molecular formula is C33H37N5O6S. The van der Waals surface area contributed by atoms with Gasteiger partial charge in [0.25, 0.3) is 0 Å². The zero-order chi connectivity index (χ0) is 31.4. The van der Waals surface area contributed by atoms with Crippen molar-refractivity contribution < 1.29 is 29.3 Å². The number of tetrazole rings is 1. The van der Waals surface area contributed by atoms with E-state index < -0.39 is 12.3 Å². The average Bonchev–Trinajstić information content (AvgIpc) is 3.54. The van der Waals surface area contributed by atoms with E-state index in [-0.39, 0.29) is 31.1 Å². The highest BCUT2D eigenvalue weighted by atomic mass is 32.2. The van der Waals surface area contributed by atoms with Gasteiger partial charge in [0.05, 0.1) is 24.5 Å². The number of carbonyl (C=O) groups is 2. The van der Waals surface area contributed by atoms with Crippen LogP contribution in [0.3, 0.4) is 0 Å². The van der Waals surface area contributed by atoms with Crippen molar-refractivity contribution in [1.29, 1.82) is 0 Å². The van der Waals surface area contributed by atoms with Crippen LogP contribution in [0.1, 0.15) is 74.0 Å². The molecule has 5 rings (SSSR count). The van der Waals surface area contributed by atoms with Gasteiger partial charge in [-0.3, -0.25) is 9.59 Å². The van der Waals surface area contributed by atoms with Gasteiger partial charge in [-0.25, -0.2) is 0 Å². The van der Waals surface area contributed by atoms with Gasteiger partial charge in [-0.05, 0) is 58.7 Å². The number of para-hydroxylation sites is 1. The van der Waals surface area contributed by atoms with Gasteiger partial charge in [-0.15, -0.1) is 5.10 Å².